The van der Waals surface area contributed by atoms with Crippen LogP contribution in [-0.4, -0.2) is 6.26 Å². The van der Waals surface area contributed by atoms with E-state index in [0.717, 1.165) is 0 Å². The topological polar surface area (TPSA) is 0 Å². The number of rotatable bonds is 2. The Morgan fingerprint density at radius 3 is 2.12 bits per heavy atom. The Labute approximate surface area is 60.3 Å². The number of thioether (sulfide) groups is 1. The summed E-state index contributed by atoms with van der Waals surface area (Å²) >= 11 is 7.19. The lowest BCUT2D eigenvalue weighted by atomic mass is 10.2. The number of halogens is 1. The number of hydrogen-bond donors (Lipinski definition) is 0. The molecule has 0 unspecified atom stereocenters. The Bertz CT molecular complexity index is 86.5. The van der Waals surface area contributed by atoms with Gasteiger partial charge in [-0.05, 0) is 17.1 Å². The largest absolute Gasteiger partial charge is 0.133 e. The third-order valence-electron chi connectivity index (χ3n) is 0.912. The molecule has 0 aliphatic rings. The van der Waals surface area contributed by atoms with E-state index in [1.807, 2.05) is 6.26 Å². The van der Waals surface area contributed by atoms with Crippen LogP contribution < -0.4 is 0 Å². The molecule has 0 nitrogen and oxygen atoms in total. The normalized spacial score (nSPS) is 12.9. The summed E-state index contributed by atoms with van der Waals surface area (Å²) in [5.41, 5.74) is 1.65. The predicted octanol–water partition coefficient (Wildman–Crippen LogP) is 3.09. The highest BCUT2D eigenvalue weighted by atomic mass is 35.5. The average Bonchev–Trinajstić information content (AvgIpc) is 1.69. The van der Waals surface area contributed by atoms with Crippen LogP contribution in [0.2, 0.25) is 0 Å². The first-order chi connectivity index (χ1) is 3.72. The summed E-state index contributed by atoms with van der Waals surface area (Å²) in [6, 6.07) is 0. The van der Waals surface area contributed by atoms with Crippen molar-refractivity contribution < 1.29 is 0 Å². The first-order valence-electron chi connectivity index (χ1n) is 2.56. The van der Waals surface area contributed by atoms with Crippen LogP contribution in [0.25, 0.3) is 0 Å². The van der Waals surface area contributed by atoms with Gasteiger partial charge in [0.05, 0.1) is 0 Å². The van der Waals surface area contributed by atoms with Crippen LogP contribution in [0.4, 0.5) is 0 Å². The molecule has 0 radical (unpaired) electrons. The lowest BCUT2D eigenvalue weighted by Crippen LogP contribution is -1.85. The SMILES string of the molecule is CS/C(=C\Cl)C(C)C. The molecule has 48 valence electrons. The fraction of sp³-hybridized carbons (Fsp3) is 0.667. The zero-order valence-corrected chi connectivity index (χ0v) is 7.01. The van der Waals surface area contributed by atoms with Gasteiger partial charge >= 0.3 is 0 Å². The van der Waals surface area contributed by atoms with Gasteiger partial charge in [-0.25, -0.2) is 0 Å². The molecule has 0 saturated heterocycles. The molecule has 0 bridgehead atoms. The molecular weight excluding hydrogens is 140 g/mol. The van der Waals surface area contributed by atoms with Crippen molar-refractivity contribution in [3.05, 3.63) is 10.4 Å². The number of hydrogen-bond acceptors (Lipinski definition) is 1. The fourth-order valence-corrected chi connectivity index (χ4v) is 1.49. The van der Waals surface area contributed by atoms with E-state index in [9.17, 15) is 0 Å². The van der Waals surface area contributed by atoms with Crippen LogP contribution in [-0.2, 0) is 0 Å². The molecular formula is C6H11ClS. The molecule has 0 N–H and O–H groups in total. The van der Waals surface area contributed by atoms with E-state index in [1.54, 1.807) is 17.3 Å². The van der Waals surface area contributed by atoms with E-state index in [-0.39, 0.29) is 0 Å². The minimum absolute atomic E-state index is 0.572. The molecule has 0 aromatic heterocycles. The summed E-state index contributed by atoms with van der Waals surface area (Å²) in [5.74, 6) is 0.572. The highest BCUT2D eigenvalue weighted by Gasteiger charge is 1.97. The van der Waals surface area contributed by atoms with Crippen molar-refractivity contribution >= 4 is 23.4 Å². The van der Waals surface area contributed by atoms with Crippen LogP contribution in [0, 0.1) is 5.92 Å². The Hall–Kier alpha value is 0.380. The summed E-state index contributed by atoms with van der Waals surface area (Å²) in [5, 5.41) is 0. The van der Waals surface area contributed by atoms with Crippen LogP contribution in [0.3, 0.4) is 0 Å². The molecule has 2 heteroatoms. The monoisotopic (exact) mass is 150 g/mol. The van der Waals surface area contributed by atoms with Crippen molar-refractivity contribution in [2.75, 3.05) is 6.26 Å². The van der Waals surface area contributed by atoms with Gasteiger partial charge in [0.15, 0.2) is 0 Å². The fourth-order valence-electron chi connectivity index (χ4n) is 0.406. The first-order valence-corrected chi connectivity index (χ1v) is 4.22. The highest BCUT2D eigenvalue weighted by Crippen LogP contribution is 2.21. The Morgan fingerprint density at radius 1 is 1.62 bits per heavy atom. The zero-order chi connectivity index (χ0) is 6.57. The molecule has 0 spiro atoms. The van der Waals surface area contributed by atoms with E-state index in [1.165, 1.54) is 4.91 Å². The summed E-state index contributed by atoms with van der Waals surface area (Å²) in [4.78, 5) is 1.24. The molecule has 0 aliphatic carbocycles. The minimum Gasteiger partial charge on any atom is -0.133 e. The molecule has 8 heavy (non-hydrogen) atoms. The van der Waals surface area contributed by atoms with Gasteiger partial charge in [0.2, 0.25) is 0 Å². The second-order valence-corrected chi connectivity index (χ2v) is 2.97. The van der Waals surface area contributed by atoms with Crippen LogP contribution in [0.15, 0.2) is 10.4 Å². The molecule has 0 rings (SSSR count). The van der Waals surface area contributed by atoms with Gasteiger partial charge in [0, 0.05) is 5.54 Å². The van der Waals surface area contributed by atoms with Crippen molar-refractivity contribution in [1.82, 2.24) is 0 Å². The molecule has 0 fully saturated rings. The van der Waals surface area contributed by atoms with E-state index in [4.69, 9.17) is 11.6 Å². The second kappa shape index (κ2) is 4.28. The molecule has 0 amide bonds. The molecule has 0 aromatic carbocycles. The molecule has 0 aliphatic heterocycles. The molecule has 0 aromatic rings. The Kier molecular flexibility index (Phi) is 4.48. The third kappa shape index (κ3) is 2.63. The smallest absolute Gasteiger partial charge is 0.0140 e. The van der Waals surface area contributed by atoms with Crippen LogP contribution >= 0.6 is 23.4 Å². The lowest BCUT2D eigenvalue weighted by molar-refractivity contribution is 0.819. The highest BCUT2D eigenvalue weighted by molar-refractivity contribution is 8.02. The van der Waals surface area contributed by atoms with Gasteiger partial charge in [-0.15, -0.1) is 11.8 Å². The van der Waals surface area contributed by atoms with E-state index >= 15 is 0 Å². The predicted molar refractivity (Wildman–Crippen MR) is 42.3 cm³/mol. The first kappa shape index (κ1) is 8.38. The standard InChI is InChI=1S/C6H11ClS/c1-5(2)6(4-7)8-3/h4-5H,1-3H3/b6-4-. The average molecular weight is 151 g/mol. The van der Waals surface area contributed by atoms with Gasteiger partial charge < -0.3 is 0 Å². The maximum Gasteiger partial charge on any atom is 0.0140 e. The maximum atomic E-state index is 5.48. The quantitative estimate of drug-likeness (QED) is 0.583. The summed E-state index contributed by atoms with van der Waals surface area (Å²) < 4.78 is 0. The van der Waals surface area contributed by atoms with Gasteiger partial charge in [0.25, 0.3) is 0 Å². The lowest BCUT2D eigenvalue weighted by Gasteiger charge is -2.03. The summed E-state index contributed by atoms with van der Waals surface area (Å²) in [6.45, 7) is 4.26. The van der Waals surface area contributed by atoms with Gasteiger partial charge in [0.1, 0.15) is 0 Å². The van der Waals surface area contributed by atoms with Crippen molar-refractivity contribution in [3.8, 4) is 0 Å². The van der Waals surface area contributed by atoms with Crippen LogP contribution in [0.1, 0.15) is 13.8 Å². The van der Waals surface area contributed by atoms with Gasteiger partial charge in [-0.2, -0.15) is 0 Å². The number of allylic oxidation sites excluding steroid dienone is 1. The minimum atomic E-state index is 0.572. The van der Waals surface area contributed by atoms with Crippen molar-refractivity contribution in [1.29, 1.82) is 0 Å². The van der Waals surface area contributed by atoms with Crippen LogP contribution in [0.5, 0.6) is 0 Å². The second-order valence-electron chi connectivity index (χ2n) is 1.87. The third-order valence-corrected chi connectivity index (χ3v) is 2.34. The van der Waals surface area contributed by atoms with Crippen molar-refractivity contribution in [2.24, 2.45) is 5.92 Å². The zero-order valence-electron chi connectivity index (χ0n) is 5.44. The van der Waals surface area contributed by atoms with E-state index < -0.39 is 0 Å². The van der Waals surface area contributed by atoms with E-state index in [2.05, 4.69) is 13.8 Å². The molecule has 0 heterocycles. The molecule has 0 atom stereocenters. The van der Waals surface area contributed by atoms with Gasteiger partial charge in [-0.3, -0.25) is 0 Å². The van der Waals surface area contributed by atoms with Crippen molar-refractivity contribution in [3.63, 3.8) is 0 Å². The van der Waals surface area contributed by atoms with E-state index in [0.29, 0.717) is 5.92 Å². The maximum absolute atomic E-state index is 5.48. The molecule has 0 saturated carbocycles. The summed E-state index contributed by atoms with van der Waals surface area (Å²) in [7, 11) is 0. The Balaban J connectivity index is 3.72. The van der Waals surface area contributed by atoms with Crippen molar-refractivity contribution in [2.45, 2.75) is 13.8 Å². The summed E-state index contributed by atoms with van der Waals surface area (Å²) in [6.07, 6.45) is 2.04. The van der Waals surface area contributed by atoms with Gasteiger partial charge in [-0.1, -0.05) is 25.4 Å². The Morgan fingerprint density at radius 2 is 2.12 bits per heavy atom.